The fourth-order valence-electron chi connectivity index (χ4n) is 2.83. The first-order valence-corrected chi connectivity index (χ1v) is 10.6. The third-order valence-corrected chi connectivity index (χ3v) is 5.45. The van der Waals surface area contributed by atoms with Gasteiger partial charge in [0, 0.05) is 30.6 Å². The number of para-hydroxylation sites is 3. The van der Waals surface area contributed by atoms with E-state index in [4.69, 9.17) is 4.74 Å². The minimum absolute atomic E-state index is 0.0297. The number of carbonyl (C=O) groups excluding carboxylic acids is 3. The van der Waals surface area contributed by atoms with Crippen LogP contribution in [0.25, 0.3) is 0 Å². The molecule has 154 valence electrons. The molecule has 0 unspecified atom stereocenters. The van der Waals surface area contributed by atoms with Crippen molar-refractivity contribution in [1.29, 1.82) is 0 Å². The molecule has 1 N–H and O–H groups in total. The molecule has 1 aromatic heterocycles. The standard InChI is InChI=1S/C24H23NO4S/c1-17-11-15-23(30-17)21(27)14-12-18(26)13-16-24(28)25-20-9-5-6-10-22(20)29-19-7-3-2-4-8-19/h2-11,15H,12-14,16H2,1H3,(H,25,28). The fraction of sp³-hybridized carbons (Fsp3) is 0.208. The van der Waals surface area contributed by atoms with Crippen LogP contribution in [0.4, 0.5) is 5.69 Å². The Morgan fingerprint density at radius 3 is 2.27 bits per heavy atom. The molecule has 2 aromatic carbocycles. The van der Waals surface area contributed by atoms with Crippen LogP contribution in [0.15, 0.2) is 66.7 Å². The monoisotopic (exact) mass is 421 g/mol. The van der Waals surface area contributed by atoms with E-state index in [2.05, 4.69) is 5.32 Å². The Morgan fingerprint density at radius 1 is 0.833 bits per heavy atom. The minimum atomic E-state index is -0.271. The van der Waals surface area contributed by atoms with E-state index in [0.717, 1.165) is 4.88 Å². The Labute approximate surface area is 179 Å². The molecule has 0 saturated heterocycles. The van der Waals surface area contributed by atoms with Crippen molar-refractivity contribution in [3.05, 3.63) is 76.5 Å². The molecule has 0 aliphatic rings. The lowest BCUT2D eigenvalue weighted by atomic mass is 10.1. The number of anilines is 1. The number of ether oxygens (including phenoxy) is 1. The third-order valence-electron chi connectivity index (χ3n) is 4.41. The van der Waals surface area contributed by atoms with Crippen molar-refractivity contribution in [3.63, 3.8) is 0 Å². The Bertz CT molecular complexity index is 1030. The van der Waals surface area contributed by atoms with E-state index in [1.807, 2.05) is 49.4 Å². The maximum Gasteiger partial charge on any atom is 0.224 e. The first-order valence-electron chi connectivity index (χ1n) is 9.74. The number of hydrogen-bond acceptors (Lipinski definition) is 5. The van der Waals surface area contributed by atoms with Crippen LogP contribution < -0.4 is 10.1 Å². The summed E-state index contributed by atoms with van der Waals surface area (Å²) in [5.74, 6) is 0.798. The molecule has 3 rings (SSSR count). The summed E-state index contributed by atoms with van der Waals surface area (Å²) in [6.07, 6.45) is 0.486. The molecule has 0 aliphatic heterocycles. The maximum atomic E-state index is 12.3. The molecule has 0 aliphatic carbocycles. The van der Waals surface area contributed by atoms with Crippen LogP contribution in [0.3, 0.4) is 0 Å². The number of benzene rings is 2. The average Bonchev–Trinajstić information content (AvgIpc) is 3.19. The first-order chi connectivity index (χ1) is 14.5. The van der Waals surface area contributed by atoms with Gasteiger partial charge in [-0.15, -0.1) is 11.3 Å². The van der Waals surface area contributed by atoms with Gasteiger partial charge in [-0.1, -0.05) is 30.3 Å². The zero-order chi connectivity index (χ0) is 21.3. The van der Waals surface area contributed by atoms with Crippen LogP contribution in [-0.2, 0) is 9.59 Å². The number of ketones is 2. The van der Waals surface area contributed by atoms with E-state index in [1.165, 1.54) is 11.3 Å². The van der Waals surface area contributed by atoms with Crippen molar-refractivity contribution in [2.24, 2.45) is 0 Å². The van der Waals surface area contributed by atoms with Gasteiger partial charge >= 0.3 is 0 Å². The fourth-order valence-corrected chi connectivity index (χ4v) is 3.66. The van der Waals surface area contributed by atoms with E-state index < -0.39 is 0 Å². The van der Waals surface area contributed by atoms with Gasteiger partial charge in [-0.2, -0.15) is 0 Å². The molecule has 5 nitrogen and oxygen atoms in total. The van der Waals surface area contributed by atoms with Crippen molar-refractivity contribution >= 4 is 34.5 Å². The summed E-state index contributed by atoms with van der Waals surface area (Å²) in [7, 11) is 0. The van der Waals surface area contributed by atoms with Crippen LogP contribution in [-0.4, -0.2) is 17.5 Å². The highest BCUT2D eigenvalue weighted by Gasteiger charge is 2.14. The van der Waals surface area contributed by atoms with E-state index in [9.17, 15) is 14.4 Å². The number of nitrogens with one attached hydrogen (secondary N) is 1. The summed E-state index contributed by atoms with van der Waals surface area (Å²) in [4.78, 5) is 38.2. The highest BCUT2D eigenvalue weighted by atomic mass is 32.1. The molecule has 0 atom stereocenters. The molecule has 0 fully saturated rings. The highest BCUT2D eigenvalue weighted by molar-refractivity contribution is 7.14. The number of hydrogen-bond donors (Lipinski definition) is 1. The van der Waals surface area contributed by atoms with Crippen molar-refractivity contribution < 1.29 is 19.1 Å². The molecule has 30 heavy (non-hydrogen) atoms. The van der Waals surface area contributed by atoms with Gasteiger partial charge in [-0.3, -0.25) is 14.4 Å². The Balaban J connectivity index is 1.46. The lowest BCUT2D eigenvalue weighted by Crippen LogP contribution is -2.14. The summed E-state index contributed by atoms with van der Waals surface area (Å²) in [5.41, 5.74) is 0.544. The maximum absolute atomic E-state index is 12.3. The second-order valence-corrected chi connectivity index (χ2v) is 8.12. The van der Waals surface area contributed by atoms with Crippen LogP contribution in [0, 0.1) is 6.92 Å². The second-order valence-electron chi connectivity index (χ2n) is 6.83. The lowest BCUT2D eigenvalue weighted by Gasteiger charge is -2.12. The predicted octanol–water partition coefficient (Wildman–Crippen LogP) is 5.80. The molecule has 0 saturated carbocycles. The number of Topliss-reactive ketones (excluding diaryl/α,β-unsaturated/α-hetero) is 2. The number of amides is 1. The Morgan fingerprint density at radius 2 is 1.53 bits per heavy atom. The summed E-state index contributed by atoms with van der Waals surface area (Å²) in [6, 6.07) is 20.1. The van der Waals surface area contributed by atoms with Crippen molar-refractivity contribution in [1.82, 2.24) is 0 Å². The SMILES string of the molecule is Cc1ccc(C(=O)CCC(=O)CCC(=O)Nc2ccccc2Oc2ccccc2)s1. The Kier molecular flexibility index (Phi) is 7.51. The highest BCUT2D eigenvalue weighted by Crippen LogP contribution is 2.29. The molecule has 3 aromatic rings. The smallest absolute Gasteiger partial charge is 0.224 e. The molecular formula is C24H23NO4S. The predicted molar refractivity (Wildman–Crippen MR) is 118 cm³/mol. The normalized spacial score (nSPS) is 10.4. The van der Waals surface area contributed by atoms with E-state index in [-0.39, 0.29) is 43.2 Å². The zero-order valence-corrected chi connectivity index (χ0v) is 17.5. The van der Waals surface area contributed by atoms with Crippen molar-refractivity contribution in [2.75, 3.05) is 5.32 Å². The summed E-state index contributed by atoms with van der Waals surface area (Å²) >= 11 is 1.43. The van der Waals surface area contributed by atoms with E-state index >= 15 is 0 Å². The second kappa shape index (κ2) is 10.5. The molecule has 1 heterocycles. The summed E-state index contributed by atoms with van der Waals surface area (Å²) in [6.45, 7) is 1.94. The van der Waals surface area contributed by atoms with Gasteiger partial charge in [0.15, 0.2) is 11.5 Å². The zero-order valence-electron chi connectivity index (χ0n) is 16.7. The topological polar surface area (TPSA) is 72.5 Å². The molecule has 0 spiro atoms. The summed E-state index contributed by atoms with van der Waals surface area (Å²) in [5, 5.41) is 2.80. The molecule has 1 amide bonds. The molecule has 6 heteroatoms. The van der Waals surface area contributed by atoms with Crippen molar-refractivity contribution in [3.8, 4) is 11.5 Å². The van der Waals surface area contributed by atoms with Crippen LogP contribution in [0.2, 0.25) is 0 Å². The third kappa shape index (κ3) is 6.39. The van der Waals surface area contributed by atoms with Gasteiger partial charge in [-0.25, -0.2) is 0 Å². The Hall–Kier alpha value is -3.25. The summed E-state index contributed by atoms with van der Waals surface area (Å²) < 4.78 is 5.83. The molecule has 0 bridgehead atoms. The minimum Gasteiger partial charge on any atom is -0.455 e. The van der Waals surface area contributed by atoms with Gasteiger partial charge in [0.25, 0.3) is 0 Å². The van der Waals surface area contributed by atoms with Gasteiger partial charge in [-0.05, 0) is 43.3 Å². The lowest BCUT2D eigenvalue weighted by molar-refractivity contribution is -0.122. The van der Waals surface area contributed by atoms with Gasteiger partial charge in [0.1, 0.15) is 11.5 Å². The van der Waals surface area contributed by atoms with Crippen LogP contribution in [0.5, 0.6) is 11.5 Å². The van der Waals surface area contributed by atoms with Gasteiger partial charge < -0.3 is 10.1 Å². The van der Waals surface area contributed by atoms with E-state index in [1.54, 1.807) is 24.3 Å². The van der Waals surface area contributed by atoms with E-state index in [0.29, 0.717) is 22.1 Å². The number of thiophene rings is 1. The number of aryl methyl sites for hydroxylation is 1. The van der Waals surface area contributed by atoms with Gasteiger partial charge in [0.05, 0.1) is 10.6 Å². The molecule has 0 radical (unpaired) electrons. The van der Waals surface area contributed by atoms with Crippen LogP contribution in [0.1, 0.15) is 40.2 Å². The average molecular weight is 422 g/mol. The molecular weight excluding hydrogens is 398 g/mol. The first kappa shape index (κ1) is 21.5. The number of carbonyl (C=O) groups is 3. The largest absolute Gasteiger partial charge is 0.455 e. The quantitative estimate of drug-likeness (QED) is 0.420. The number of rotatable bonds is 10. The van der Waals surface area contributed by atoms with Crippen molar-refractivity contribution in [2.45, 2.75) is 32.6 Å². The van der Waals surface area contributed by atoms with Crippen LogP contribution >= 0.6 is 11.3 Å². The van der Waals surface area contributed by atoms with Gasteiger partial charge in [0.2, 0.25) is 5.91 Å².